The third-order valence-corrected chi connectivity index (χ3v) is 4.20. The molecule has 1 saturated carbocycles. The van der Waals surface area contributed by atoms with Crippen molar-refractivity contribution in [3.8, 4) is 0 Å². The van der Waals surface area contributed by atoms with E-state index in [1.54, 1.807) is 17.2 Å². The highest BCUT2D eigenvalue weighted by Crippen LogP contribution is 2.35. The predicted octanol–water partition coefficient (Wildman–Crippen LogP) is 0.829. The van der Waals surface area contributed by atoms with E-state index >= 15 is 0 Å². The molecule has 1 aliphatic rings. The van der Waals surface area contributed by atoms with Crippen LogP contribution in [0, 0.1) is 0 Å². The van der Waals surface area contributed by atoms with Crippen molar-refractivity contribution in [2.24, 2.45) is 0 Å². The quantitative estimate of drug-likeness (QED) is 0.741. The molecular formula is C14H17N7O. The van der Waals surface area contributed by atoms with E-state index in [1.165, 1.54) is 6.33 Å². The van der Waals surface area contributed by atoms with Crippen LogP contribution in [0.1, 0.15) is 19.4 Å². The molecule has 114 valence electrons. The molecule has 3 aromatic rings. The molecule has 0 amide bonds. The molecule has 0 unspecified atom stereocenters. The van der Waals surface area contributed by atoms with Crippen molar-refractivity contribution in [1.82, 2.24) is 29.3 Å². The van der Waals surface area contributed by atoms with Gasteiger partial charge in [0.2, 0.25) is 0 Å². The molecule has 1 aliphatic carbocycles. The first-order valence-corrected chi connectivity index (χ1v) is 7.37. The lowest BCUT2D eigenvalue weighted by atomic mass is 9.83. The standard InChI is InChI=1S/C14H17N7O/c1-2-20-8-17-11-13(15-7-16-14(11)20)19-9-6-10(22)12(9)21-5-3-4-18-21/h3-5,7-10,12,22H,2,6H2,1H3,(H,15,16,19)/t9-,10+,12+/m0/s1. The van der Waals surface area contributed by atoms with Crippen molar-refractivity contribution in [2.45, 2.75) is 38.1 Å². The predicted molar refractivity (Wildman–Crippen MR) is 80.3 cm³/mol. The van der Waals surface area contributed by atoms with Crippen LogP contribution in [0.25, 0.3) is 11.2 Å². The van der Waals surface area contributed by atoms with Gasteiger partial charge in [0, 0.05) is 18.9 Å². The molecule has 0 spiro atoms. The van der Waals surface area contributed by atoms with Crippen LogP contribution in [0.15, 0.2) is 31.1 Å². The fraction of sp³-hybridized carbons (Fsp3) is 0.429. The van der Waals surface area contributed by atoms with Gasteiger partial charge in [-0.3, -0.25) is 4.68 Å². The van der Waals surface area contributed by atoms with Gasteiger partial charge in [-0.25, -0.2) is 15.0 Å². The normalized spacial score (nSPS) is 24.4. The van der Waals surface area contributed by atoms with Crippen LogP contribution >= 0.6 is 0 Å². The van der Waals surface area contributed by atoms with E-state index in [0.29, 0.717) is 12.2 Å². The molecule has 0 bridgehead atoms. The fourth-order valence-corrected chi connectivity index (χ4v) is 2.97. The van der Waals surface area contributed by atoms with E-state index in [9.17, 15) is 5.11 Å². The van der Waals surface area contributed by atoms with Gasteiger partial charge in [0.25, 0.3) is 0 Å². The zero-order valence-corrected chi connectivity index (χ0v) is 12.2. The molecule has 4 rings (SSSR count). The lowest BCUT2D eigenvalue weighted by Crippen LogP contribution is -2.51. The van der Waals surface area contributed by atoms with Crippen molar-refractivity contribution in [1.29, 1.82) is 0 Å². The molecule has 3 heterocycles. The molecule has 1 fully saturated rings. The molecule has 3 aromatic heterocycles. The number of hydrogen-bond acceptors (Lipinski definition) is 6. The van der Waals surface area contributed by atoms with Gasteiger partial charge in [-0.05, 0) is 19.4 Å². The van der Waals surface area contributed by atoms with Gasteiger partial charge in [-0.15, -0.1) is 0 Å². The highest BCUT2D eigenvalue weighted by atomic mass is 16.3. The van der Waals surface area contributed by atoms with Gasteiger partial charge < -0.3 is 15.0 Å². The number of aliphatic hydroxyl groups is 1. The topological polar surface area (TPSA) is 93.7 Å². The summed E-state index contributed by atoms with van der Waals surface area (Å²) >= 11 is 0. The number of nitrogens with one attached hydrogen (secondary N) is 1. The minimum Gasteiger partial charge on any atom is -0.391 e. The third kappa shape index (κ3) is 1.95. The summed E-state index contributed by atoms with van der Waals surface area (Å²) in [4.78, 5) is 13.0. The Labute approximate surface area is 126 Å². The number of imidazole rings is 1. The molecule has 2 N–H and O–H groups in total. The van der Waals surface area contributed by atoms with Crippen molar-refractivity contribution in [3.05, 3.63) is 31.1 Å². The Kier molecular flexibility index (Phi) is 3.04. The van der Waals surface area contributed by atoms with Crippen LogP contribution in [-0.4, -0.2) is 46.6 Å². The minimum absolute atomic E-state index is 0.0692. The highest BCUT2D eigenvalue weighted by molar-refractivity contribution is 5.82. The first kappa shape index (κ1) is 13.2. The zero-order valence-electron chi connectivity index (χ0n) is 12.2. The highest BCUT2D eigenvalue weighted by Gasteiger charge is 2.42. The van der Waals surface area contributed by atoms with Crippen molar-refractivity contribution in [2.75, 3.05) is 5.32 Å². The lowest BCUT2D eigenvalue weighted by Gasteiger charge is -2.42. The van der Waals surface area contributed by atoms with Gasteiger partial charge in [-0.1, -0.05) is 0 Å². The minimum atomic E-state index is -0.400. The largest absolute Gasteiger partial charge is 0.391 e. The smallest absolute Gasteiger partial charge is 0.165 e. The molecular weight excluding hydrogens is 282 g/mol. The van der Waals surface area contributed by atoms with E-state index in [4.69, 9.17) is 0 Å². The average molecular weight is 299 g/mol. The van der Waals surface area contributed by atoms with E-state index in [1.807, 2.05) is 23.8 Å². The van der Waals surface area contributed by atoms with Gasteiger partial charge >= 0.3 is 0 Å². The van der Waals surface area contributed by atoms with Crippen molar-refractivity contribution >= 4 is 17.0 Å². The van der Waals surface area contributed by atoms with Crippen LogP contribution < -0.4 is 5.32 Å². The molecule has 8 heteroatoms. The van der Waals surface area contributed by atoms with E-state index in [2.05, 4.69) is 25.4 Å². The zero-order chi connectivity index (χ0) is 15.1. The first-order chi connectivity index (χ1) is 10.8. The Balaban J connectivity index is 1.63. The maximum Gasteiger partial charge on any atom is 0.165 e. The number of rotatable bonds is 4. The summed E-state index contributed by atoms with van der Waals surface area (Å²) in [6.07, 6.45) is 7.14. The number of fused-ring (bicyclic) bond motifs is 1. The Hall–Kier alpha value is -2.48. The summed E-state index contributed by atoms with van der Waals surface area (Å²) in [7, 11) is 0. The summed E-state index contributed by atoms with van der Waals surface area (Å²) < 4.78 is 3.76. The number of aryl methyl sites for hydroxylation is 1. The number of anilines is 1. The van der Waals surface area contributed by atoms with E-state index in [-0.39, 0.29) is 12.1 Å². The van der Waals surface area contributed by atoms with E-state index in [0.717, 1.165) is 17.7 Å². The molecule has 0 radical (unpaired) electrons. The van der Waals surface area contributed by atoms with Gasteiger partial charge in [0.05, 0.1) is 24.5 Å². The van der Waals surface area contributed by atoms with Crippen LogP contribution in [0.2, 0.25) is 0 Å². The Bertz CT molecular complexity index is 782. The molecule has 0 saturated heterocycles. The summed E-state index contributed by atoms with van der Waals surface area (Å²) in [5.41, 5.74) is 1.57. The first-order valence-electron chi connectivity index (χ1n) is 7.37. The summed E-state index contributed by atoms with van der Waals surface area (Å²) in [5.74, 6) is 0.700. The summed E-state index contributed by atoms with van der Waals surface area (Å²) in [6, 6.07) is 1.83. The number of aliphatic hydroxyl groups excluding tert-OH is 1. The van der Waals surface area contributed by atoms with Gasteiger partial charge in [0.1, 0.15) is 11.8 Å². The summed E-state index contributed by atoms with van der Waals surface area (Å²) in [6.45, 7) is 2.86. The molecule has 8 nitrogen and oxygen atoms in total. The average Bonchev–Trinajstić information content (AvgIpc) is 3.16. The second kappa shape index (κ2) is 5.06. The SMILES string of the molecule is CCn1cnc2c(N[C@H]3C[C@@H](O)[C@@H]3n3cccn3)ncnc21. The molecule has 0 aliphatic heterocycles. The monoisotopic (exact) mass is 299 g/mol. The third-order valence-electron chi connectivity index (χ3n) is 4.20. The summed E-state index contributed by atoms with van der Waals surface area (Å²) in [5, 5.41) is 17.6. The van der Waals surface area contributed by atoms with Crippen molar-refractivity contribution < 1.29 is 5.11 Å². The molecule has 0 aromatic carbocycles. The van der Waals surface area contributed by atoms with Crippen molar-refractivity contribution in [3.63, 3.8) is 0 Å². The van der Waals surface area contributed by atoms with Crippen LogP contribution in [0.5, 0.6) is 0 Å². The van der Waals surface area contributed by atoms with Gasteiger partial charge in [-0.2, -0.15) is 5.10 Å². The van der Waals surface area contributed by atoms with Gasteiger partial charge in [0.15, 0.2) is 11.5 Å². The maximum atomic E-state index is 10.0. The fourth-order valence-electron chi connectivity index (χ4n) is 2.97. The Morgan fingerprint density at radius 3 is 3.00 bits per heavy atom. The molecule has 22 heavy (non-hydrogen) atoms. The van der Waals surface area contributed by atoms with E-state index < -0.39 is 6.10 Å². The number of nitrogens with zero attached hydrogens (tertiary/aromatic N) is 6. The second-order valence-corrected chi connectivity index (χ2v) is 5.46. The number of aromatic nitrogens is 6. The molecule has 3 atom stereocenters. The van der Waals surface area contributed by atoms with Crippen LogP contribution in [0.4, 0.5) is 5.82 Å². The Morgan fingerprint density at radius 1 is 1.36 bits per heavy atom. The lowest BCUT2D eigenvalue weighted by molar-refractivity contribution is 0.0133. The van der Waals surface area contributed by atoms with Crippen LogP contribution in [0.3, 0.4) is 0 Å². The maximum absolute atomic E-state index is 10.0. The second-order valence-electron chi connectivity index (χ2n) is 5.46. The number of hydrogen-bond donors (Lipinski definition) is 2. The Morgan fingerprint density at radius 2 is 2.27 bits per heavy atom. The van der Waals surface area contributed by atoms with Crippen LogP contribution in [-0.2, 0) is 6.54 Å².